The molecule has 0 aliphatic rings. The SMILES string of the molecule is c1ccc2cc3c(cc2c1)c1ccc2ccccc2c1n3-c1c(-c2nc(-c3ccc4oc5ccccc5c4c3)nc(-n3c4ccccc4c4ccccc43)n2)ccc2oc3ccccc3c12. The van der Waals surface area contributed by atoms with E-state index < -0.39 is 0 Å². The summed E-state index contributed by atoms with van der Waals surface area (Å²) in [6, 6.07) is 70.3. The molecule has 0 aliphatic carbocycles. The highest BCUT2D eigenvalue weighted by molar-refractivity contribution is 6.23. The van der Waals surface area contributed by atoms with Gasteiger partial charge < -0.3 is 13.4 Å². The van der Waals surface area contributed by atoms with Gasteiger partial charge in [-0.2, -0.15) is 9.97 Å². The maximum atomic E-state index is 6.72. The van der Waals surface area contributed by atoms with Crippen LogP contribution in [0.5, 0.6) is 0 Å². The molecule has 0 fully saturated rings. The minimum Gasteiger partial charge on any atom is -0.456 e. The summed E-state index contributed by atoms with van der Waals surface area (Å²) in [7, 11) is 0. The van der Waals surface area contributed by atoms with Crippen LogP contribution in [-0.2, 0) is 0 Å². The summed E-state index contributed by atoms with van der Waals surface area (Å²) in [5.74, 6) is 1.60. The Labute approximate surface area is 375 Å². The monoisotopic (exact) mass is 843 g/mol. The molecule has 10 aromatic carbocycles. The van der Waals surface area contributed by atoms with Crippen LogP contribution >= 0.6 is 0 Å². The van der Waals surface area contributed by atoms with Gasteiger partial charge in [0.2, 0.25) is 5.95 Å². The molecule has 0 saturated heterocycles. The van der Waals surface area contributed by atoms with Crippen molar-refractivity contribution in [3.05, 3.63) is 200 Å². The molecule has 5 aromatic heterocycles. The fourth-order valence-corrected chi connectivity index (χ4v) is 10.6. The summed E-state index contributed by atoms with van der Waals surface area (Å²) in [5, 5.41) is 13.2. The molecule has 0 radical (unpaired) electrons. The molecular formula is C59H33N5O2. The third-order valence-corrected chi connectivity index (χ3v) is 13.5. The summed E-state index contributed by atoms with van der Waals surface area (Å²) >= 11 is 0. The highest BCUT2D eigenvalue weighted by atomic mass is 16.3. The summed E-state index contributed by atoms with van der Waals surface area (Å²) in [4.78, 5) is 16.5. The molecule has 0 aliphatic heterocycles. The van der Waals surface area contributed by atoms with Crippen molar-refractivity contribution in [1.82, 2.24) is 24.1 Å². The van der Waals surface area contributed by atoms with Crippen molar-refractivity contribution in [2.24, 2.45) is 0 Å². The van der Waals surface area contributed by atoms with Gasteiger partial charge in [-0.3, -0.25) is 4.57 Å². The van der Waals surface area contributed by atoms with E-state index >= 15 is 0 Å². The van der Waals surface area contributed by atoms with E-state index in [2.05, 4.69) is 173 Å². The van der Waals surface area contributed by atoms with Crippen LogP contribution in [0.2, 0.25) is 0 Å². The van der Waals surface area contributed by atoms with Gasteiger partial charge in [-0.15, -0.1) is 0 Å². The Balaban J connectivity index is 1.12. The minimum atomic E-state index is 0.520. The van der Waals surface area contributed by atoms with Crippen LogP contribution in [0.25, 0.3) is 143 Å². The number of hydrogen-bond donors (Lipinski definition) is 0. The lowest BCUT2D eigenvalue weighted by Gasteiger charge is -2.17. The van der Waals surface area contributed by atoms with Crippen molar-refractivity contribution in [3.8, 4) is 34.4 Å². The molecule has 7 nitrogen and oxygen atoms in total. The lowest BCUT2D eigenvalue weighted by Crippen LogP contribution is -2.08. The Kier molecular flexibility index (Phi) is 7.10. The van der Waals surface area contributed by atoms with Crippen molar-refractivity contribution >= 4 is 109 Å². The first-order chi connectivity index (χ1) is 32.7. The maximum Gasteiger partial charge on any atom is 0.238 e. The number of fused-ring (bicyclic) bond motifs is 15. The van der Waals surface area contributed by atoms with Crippen LogP contribution in [0.3, 0.4) is 0 Å². The van der Waals surface area contributed by atoms with E-state index in [0.717, 1.165) is 120 Å². The quantitative estimate of drug-likeness (QED) is 0.176. The summed E-state index contributed by atoms with van der Waals surface area (Å²) in [6.45, 7) is 0. The Morgan fingerprint density at radius 1 is 0.333 bits per heavy atom. The molecule has 7 heteroatoms. The van der Waals surface area contributed by atoms with E-state index in [-0.39, 0.29) is 0 Å². The second-order valence-corrected chi connectivity index (χ2v) is 17.1. The average molecular weight is 844 g/mol. The number of hydrogen-bond acceptors (Lipinski definition) is 5. The minimum absolute atomic E-state index is 0.520. The van der Waals surface area contributed by atoms with E-state index in [0.29, 0.717) is 17.6 Å². The molecule has 0 bridgehead atoms. The predicted molar refractivity (Wildman–Crippen MR) is 269 cm³/mol. The maximum absolute atomic E-state index is 6.72. The summed E-state index contributed by atoms with van der Waals surface area (Å²) in [5.41, 5.74) is 10.1. The van der Waals surface area contributed by atoms with Crippen LogP contribution in [-0.4, -0.2) is 24.1 Å². The smallest absolute Gasteiger partial charge is 0.238 e. The van der Waals surface area contributed by atoms with Gasteiger partial charge in [0.05, 0.1) is 33.1 Å². The molecule has 306 valence electrons. The molecular weight excluding hydrogens is 811 g/mol. The van der Waals surface area contributed by atoms with Gasteiger partial charge in [0.15, 0.2) is 11.6 Å². The summed E-state index contributed by atoms with van der Waals surface area (Å²) < 4.78 is 17.7. The lowest BCUT2D eigenvalue weighted by molar-refractivity contribution is 0.668. The van der Waals surface area contributed by atoms with Gasteiger partial charge in [-0.05, 0) is 82.9 Å². The largest absolute Gasteiger partial charge is 0.456 e. The molecule has 15 aromatic rings. The lowest BCUT2D eigenvalue weighted by atomic mass is 10.0. The average Bonchev–Trinajstić information content (AvgIpc) is 4.13. The standard InChI is InChI=1S/C59H33N5O2/c1-2-15-36-33-49-45(31-35(36)14-1)42-27-25-34-13-3-4-16-38(34)55(42)64(49)56-44(28-30-53-54(56)43-20-8-12-24-51(43)66-53)58-60-57(37-26-29-52-46(32-37)41-19-7-11-23-50(41)65-52)61-59(62-58)63-47-21-9-5-17-39(47)40-18-6-10-22-48(40)63/h1-33H. The first-order valence-electron chi connectivity index (χ1n) is 22.2. The van der Waals surface area contributed by atoms with Gasteiger partial charge >= 0.3 is 0 Å². The fourth-order valence-electron chi connectivity index (χ4n) is 10.6. The Bertz CT molecular complexity index is 4500. The van der Waals surface area contributed by atoms with E-state index in [1.165, 1.54) is 5.39 Å². The van der Waals surface area contributed by atoms with Gasteiger partial charge in [0.25, 0.3) is 0 Å². The first-order valence-corrected chi connectivity index (χ1v) is 22.2. The Morgan fingerprint density at radius 3 is 1.71 bits per heavy atom. The second-order valence-electron chi connectivity index (χ2n) is 17.1. The van der Waals surface area contributed by atoms with Crippen LogP contribution in [0.1, 0.15) is 0 Å². The molecule has 0 N–H and O–H groups in total. The van der Waals surface area contributed by atoms with Crippen molar-refractivity contribution in [2.75, 3.05) is 0 Å². The van der Waals surface area contributed by atoms with Gasteiger partial charge in [0, 0.05) is 54.2 Å². The van der Waals surface area contributed by atoms with Crippen molar-refractivity contribution in [2.45, 2.75) is 0 Å². The zero-order valence-electron chi connectivity index (χ0n) is 35.1. The van der Waals surface area contributed by atoms with Gasteiger partial charge in [-0.25, -0.2) is 4.98 Å². The normalized spacial score (nSPS) is 12.2. The number of nitrogens with zero attached hydrogens (tertiary/aromatic N) is 5. The van der Waals surface area contributed by atoms with E-state index in [4.69, 9.17) is 23.8 Å². The molecule has 0 atom stereocenters. The molecule has 66 heavy (non-hydrogen) atoms. The highest BCUT2D eigenvalue weighted by Gasteiger charge is 2.26. The number of aromatic nitrogens is 5. The number of benzene rings is 10. The number of furan rings is 2. The van der Waals surface area contributed by atoms with Gasteiger partial charge in [0.1, 0.15) is 22.3 Å². The van der Waals surface area contributed by atoms with Crippen LogP contribution in [0, 0.1) is 0 Å². The Hall–Kier alpha value is -9.07. The predicted octanol–water partition coefficient (Wildman–Crippen LogP) is 15.5. The molecule has 5 heterocycles. The van der Waals surface area contributed by atoms with E-state index in [1.807, 2.05) is 36.4 Å². The molecule has 0 unspecified atom stereocenters. The second kappa shape index (κ2) is 13.2. The van der Waals surface area contributed by atoms with E-state index in [9.17, 15) is 0 Å². The van der Waals surface area contributed by atoms with Crippen molar-refractivity contribution < 1.29 is 8.83 Å². The van der Waals surface area contributed by atoms with Crippen LogP contribution in [0.4, 0.5) is 0 Å². The third kappa shape index (κ3) is 4.93. The van der Waals surface area contributed by atoms with E-state index in [1.54, 1.807) is 0 Å². The zero-order valence-corrected chi connectivity index (χ0v) is 35.1. The fraction of sp³-hybridized carbons (Fsp3) is 0. The third-order valence-electron chi connectivity index (χ3n) is 13.5. The highest BCUT2D eigenvalue weighted by Crippen LogP contribution is 2.46. The molecule has 15 rings (SSSR count). The van der Waals surface area contributed by atoms with Crippen LogP contribution < -0.4 is 0 Å². The zero-order chi connectivity index (χ0) is 43.0. The topological polar surface area (TPSA) is 74.8 Å². The molecule has 0 spiro atoms. The van der Waals surface area contributed by atoms with Gasteiger partial charge in [-0.1, -0.05) is 133 Å². The van der Waals surface area contributed by atoms with Crippen LogP contribution in [0.15, 0.2) is 209 Å². The van der Waals surface area contributed by atoms with Crippen molar-refractivity contribution in [1.29, 1.82) is 0 Å². The summed E-state index contributed by atoms with van der Waals surface area (Å²) in [6.07, 6.45) is 0. The first kappa shape index (κ1) is 35.4. The molecule has 0 saturated carbocycles. The molecule has 0 amide bonds. The number of rotatable bonds is 4. The number of para-hydroxylation sites is 4. The Morgan fingerprint density at radius 2 is 0.924 bits per heavy atom. The van der Waals surface area contributed by atoms with Crippen molar-refractivity contribution in [3.63, 3.8) is 0 Å².